The number of aromatic nitrogens is 1. The van der Waals surface area contributed by atoms with Crippen LogP contribution in [0.3, 0.4) is 0 Å². The van der Waals surface area contributed by atoms with Crippen molar-refractivity contribution >= 4 is 15.9 Å². The molecule has 0 aliphatic carbocycles. The van der Waals surface area contributed by atoms with Crippen LogP contribution < -0.4 is 4.74 Å². The summed E-state index contributed by atoms with van der Waals surface area (Å²) in [6.07, 6.45) is 0.707. The van der Waals surface area contributed by atoms with Gasteiger partial charge in [0, 0.05) is 44.1 Å². The van der Waals surface area contributed by atoms with Crippen molar-refractivity contribution < 1.29 is 22.7 Å². The summed E-state index contributed by atoms with van der Waals surface area (Å²) in [7, 11) is 1.90. The SMILES string of the molecule is COc1cc(C)c(S(=O)(=O)N(CCOCC(=O)N2CCn3c(CN(C)C)ccc3C2Cc2ccccc2)CC(C)C)c(C)c1C. The van der Waals surface area contributed by atoms with E-state index in [1.165, 1.54) is 15.6 Å². The number of sulfonamides is 1. The summed E-state index contributed by atoms with van der Waals surface area (Å²) >= 11 is 0. The van der Waals surface area contributed by atoms with Crippen molar-refractivity contribution in [2.24, 2.45) is 5.92 Å². The Morgan fingerprint density at radius 3 is 2.38 bits per heavy atom. The Morgan fingerprint density at radius 1 is 1.02 bits per heavy atom. The van der Waals surface area contributed by atoms with Crippen molar-refractivity contribution in [1.29, 1.82) is 0 Å². The fraction of sp³-hybridized carbons (Fsp3) is 0.514. The fourth-order valence-corrected chi connectivity index (χ4v) is 8.39. The number of nitrogens with zero attached hydrogens (tertiary/aromatic N) is 4. The van der Waals surface area contributed by atoms with Gasteiger partial charge in [0.15, 0.2) is 0 Å². The van der Waals surface area contributed by atoms with Gasteiger partial charge in [-0.05, 0) is 87.7 Å². The molecule has 0 saturated heterocycles. The molecule has 1 unspecified atom stereocenters. The maximum Gasteiger partial charge on any atom is 0.249 e. The first kappa shape index (κ1) is 34.7. The van der Waals surface area contributed by atoms with E-state index in [1.54, 1.807) is 20.1 Å². The predicted molar refractivity (Wildman–Crippen MR) is 178 cm³/mol. The van der Waals surface area contributed by atoms with Crippen LogP contribution in [-0.2, 0) is 39.1 Å². The summed E-state index contributed by atoms with van der Waals surface area (Å²) in [5, 5.41) is 0. The molecule has 1 aromatic heterocycles. The molecule has 9 nitrogen and oxygen atoms in total. The number of hydrogen-bond acceptors (Lipinski definition) is 6. The van der Waals surface area contributed by atoms with Crippen LogP contribution in [0.1, 0.15) is 53.5 Å². The van der Waals surface area contributed by atoms with E-state index in [1.807, 2.05) is 50.8 Å². The number of ether oxygens (including phenoxy) is 2. The van der Waals surface area contributed by atoms with Gasteiger partial charge in [0.1, 0.15) is 12.4 Å². The zero-order chi connectivity index (χ0) is 32.9. The highest BCUT2D eigenvalue weighted by Gasteiger charge is 2.33. The van der Waals surface area contributed by atoms with Gasteiger partial charge in [0.25, 0.3) is 0 Å². The summed E-state index contributed by atoms with van der Waals surface area (Å²) in [6.45, 7) is 12.2. The first-order valence-electron chi connectivity index (χ1n) is 15.7. The molecule has 0 N–H and O–H groups in total. The third-order valence-electron chi connectivity index (χ3n) is 8.53. The third-order valence-corrected chi connectivity index (χ3v) is 10.7. The van der Waals surface area contributed by atoms with Crippen molar-refractivity contribution in [3.63, 3.8) is 0 Å². The molecular weight excluding hydrogens is 588 g/mol. The molecule has 0 spiro atoms. The Kier molecular flexibility index (Phi) is 11.5. The minimum atomic E-state index is -3.81. The molecule has 2 aromatic carbocycles. The average molecular weight is 639 g/mol. The number of amides is 1. The van der Waals surface area contributed by atoms with E-state index in [2.05, 4.69) is 47.8 Å². The monoisotopic (exact) mass is 638 g/mol. The number of rotatable bonds is 14. The van der Waals surface area contributed by atoms with E-state index in [-0.39, 0.29) is 37.6 Å². The second kappa shape index (κ2) is 14.9. The maximum absolute atomic E-state index is 14.0. The minimum absolute atomic E-state index is 0.0896. The third kappa shape index (κ3) is 7.98. The summed E-state index contributed by atoms with van der Waals surface area (Å²) < 4.78 is 43.2. The lowest BCUT2D eigenvalue weighted by Crippen LogP contribution is -2.45. The molecule has 3 aromatic rings. The molecule has 10 heteroatoms. The molecule has 1 amide bonds. The summed E-state index contributed by atoms with van der Waals surface area (Å²) in [5.41, 5.74) is 5.67. The first-order valence-corrected chi connectivity index (χ1v) is 17.2. The van der Waals surface area contributed by atoms with Crippen molar-refractivity contribution in [2.75, 3.05) is 54.1 Å². The maximum atomic E-state index is 14.0. The molecule has 1 aliphatic rings. The molecule has 1 atom stereocenters. The lowest BCUT2D eigenvalue weighted by Gasteiger charge is -2.38. The normalized spacial score (nSPS) is 15.3. The van der Waals surface area contributed by atoms with Crippen LogP contribution in [0.5, 0.6) is 5.75 Å². The van der Waals surface area contributed by atoms with Crippen LogP contribution in [0.2, 0.25) is 0 Å². The van der Waals surface area contributed by atoms with Crippen LogP contribution in [0.4, 0.5) is 0 Å². The predicted octanol–water partition coefficient (Wildman–Crippen LogP) is 4.97. The zero-order valence-corrected chi connectivity index (χ0v) is 29.0. The second-order valence-corrected chi connectivity index (χ2v) is 14.6. The number of carbonyl (C=O) groups excluding carboxylic acids is 1. The van der Waals surface area contributed by atoms with Gasteiger partial charge in [-0.25, -0.2) is 8.42 Å². The van der Waals surface area contributed by atoms with Crippen LogP contribution in [0.25, 0.3) is 0 Å². The number of methoxy groups -OCH3 is 1. The molecule has 0 fully saturated rings. The van der Waals surface area contributed by atoms with E-state index in [9.17, 15) is 13.2 Å². The van der Waals surface area contributed by atoms with E-state index in [0.29, 0.717) is 41.3 Å². The molecule has 45 heavy (non-hydrogen) atoms. The highest BCUT2D eigenvalue weighted by molar-refractivity contribution is 7.89. The molecule has 246 valence electrons. The van der Waals surface area contributed by atoms with Gasteiger partial charge in [-0.3, -0.25) is 4.79 Å². The van der Waals surface area contributed by atoms with E-state index in [0.717, 1.165) is 24.3 Å². The standard InChI is InChI=1S/C35H50N4O5S/c1-25(2)22-37(45(41,42)35-26(3)20-33(43-8)27(4)28(35)5)18-19-44-24-34(40)39-17-16-38-30(23-36(6)7)14-15-31(38)32(39)21-29-12-10-9-11-13-29/h9-15,20,25,32H,16-19,21-24H2,1-8H3. The number of benzene rings is 2. The number of fused-ring (bicyclic) bond motifs is 1. The molecule has 0 radical (unpaired) electrons. The van der Waals surface area contributed by atoms with Crippen molar-refractivity contribution in [2.45, 2.75) is 65.1 Å². The Morgan fingerprint density at radius 2 is 1.73 bits per heavy atom. The first-order chi connectivity index (χ1) is 21.3. The summed E-state index contributed by atoms with van der Waals surface area (Å²) in [6, 6.07) is 16.2. The zero-order valence-electron chi connectivity index (χ0n) is 28.2. The highest BCUT2D eigenvalue weighted by atomic mass is 32.2. The van der Waals surface area contributed by atoms with E-state index < -0.39 is 10.0 Å². The lowest BCUT2D eigenvalue weighted by molar-refractivity contribution is -0.139. The van der Waals surface area contributed by atoms with Crippen molar-refractivity contribution in [3.8, 4) is 5.75 Å². The van der Waals surface area contributed by atoms with Crippen molar-refractivity contribution in [3.05, 3.63) is 82.2 Å². The van der Waals surface area contributed by atoms with E-state index >= 15 is 0 Å². The van der Waals surface area contributed by atoms with Crippen molar-refractivity contribution in [1.82, 2.24) is 18.7 Å². The van der Waals surface area contributed by atoms with Crippen LogP contribution in [0.15, 0.2) is 53.4 Å². The lowest BCUT2D eigenvalue weighted by atomic mass is 10.00. The number of carbonyl (C=O) groups is 1. The smallest absolute Gasteiger partial charge is 0.249 e. The largest absolute Gasteiger partial charge is 0.496 e. The van der Waals surface area contributed by atoms with Crippen LogP contribution >= 0.6 is 0 Å². The molecule has 0 saturated carbocycles. The Bertz CT molecular complexity index is 1570. The van der Waals surface area contributed by atoms with E-state index in [4.69, 9.17) is 9.47 Å². The highest BCUT2D eigenvalue weighted by Crippen LogP contribution is 2.33. The summed E-state index contributed by atoms with van der Waals surface area (Å²) in [5.74, 6) is 0.695. The molecule has 2 heterocycles. The Hall–Kier alpha value is -3.18. The Labute approximate surface area is 269 Å². The van der Waals surface area contributed by atoms with Gasteiger partial charge >= 0.3 is 0 Å². The number of aryl methyl sites for hydroxylation is 1. The number of hydrogen-bond donors (Lipinski definition) is 0. The molecule has 1 aliphatic heterocycles. The minimum Gasteiger partial charge on any atom is -0.496 e. The van der Waals surface area contributed by atoms with Gasteiger partial charge in [-0.1, -0.05) is 44.2 Å². The molecule has 0 bridgehead atoms. The van der Waals surface area contributed by atoms with Crippen LogP contribution in [-0.4, -0.2) is 87.1 Å². The second-order valence-electron chi connectivity index (χ2n) is 12.7. The van der Waals surface area contributed by atoms with Gasteiger partial charge in [0.05, 0.1) is 24.7 Å². The average Bonchev–Trinajstić information content (AvgIpc) is 3.39. The topological polar surface area (TPSA) is 84.3 Å². The molecular formula is C35H50N4O5S. The fourth-order valence-electron chi connectivity index (χ4n) is 6.31. The van der Waals surface area contributed by atoms with Gasteiger partial charge < -0.3 is 23.8 Å². The van der Waals surface area contributed by atoms with Crippen LogP contribution in [0, 0.1) is 26.7 Å². The van der Waals surface area contributed by atoms with Gasteiger partial charge in [-0.15, -0.1) is 0 Å². The quantitative estimate of drug-likeness (QED) is 0.232. The summed E-state index contributed by atoms with van der Waals surface area (Å²) in [4.78, 5) is 18.1. The van der Waals surface area contributed by atoms with Gasteiger partial charge in [-0.2, -0.15) is 4.31 Å². The van der Waals surface area contributed by atoms with Gasteiger partial charge in [0.2, 0.25) is 15.9 Å². The Balaban J connectivity index is 1.48. The molecule has 4 rings (SSSR count).